The molecule has 2 aliphatic rings. The van der Waals surface area contributed by atoms with Gasteiger partial charge in [-0.25, -0.2) is 0 Å². The fourth-order valence-electron chi connectivity index (χ4n) is 3.17. The highest BCUT2D eigenvalue weighted by atomic mass is 16.5. The second-order valence-corrected chi connectivity index (χ2v) is 5.98. The van der Waals surface area contributed by atoms with Gasteiger partial charge in [0.1, 0.15) is 6.10 Å². The Hall–Kier alpha value is -0.570. The highest BCUT2D eigenvalue weighted by molar-refractivity contribution is 5.77. The van der Waals surface area contributed by atoms with Crippen LogP contribution in [0.5, 0.6) is 0 Å². The molecule has 0 heterocycles. The molecule has 0 aliphatic heterocycles. The van der Waals surface area contributed by atoms with Crippen LogP contribution < -0.4 is 5.73 Å². The molecule has 0 atom stereocenters. The molecule has 2 aliphatic carbocycles. The molecule has 0 spiro atoms. The van der Waals surface area contributed by atoms with Gasteiger partial charge >= 0.3 is 5.97 Å². The van der Waals surface area contributed by atoms with Crippen molar-refractivity contribution in [2.45, 2.75) is 64.4 Å². The molecule has 2 rings (SSSR count). The standard InChI is InChI=1S/C14H25NO2/c1-11-4-6-12(7-5-11)17-13(16)14(10-15)8-2-3-9-14/h11-12H,2-10,15H2,1H3. The average Bonchev–Trinajstić information content (AvgIpc) is 2.82. The van der Waals surface area contributed by atoms with Gasteiger partial charge in [0.2, 0.25) is 0 Å². The van der Waals surface area contributed by atoms with Crippen LogP contribution in [-0.2, 0) is 9.53 Å². The van der Waals surface area contributed by atoms with Crippen LogP contribution in [0.15, 0.2) is 0 Å². The van der Waals surface area contributed by atoms with E-state index in [0.717, 1.165) is 44.4 Å². The zero-order valence-electron chi connectivity index (χ0n) is 10.9. The SMILES string of the molecule is CC1CCC(OC(=O)C2(CN)CCCC2)CC1. The molecule has 0 aromatic carbocycles. The summed E-state index contributed by atoms with van der Waals surface area (Å²) in [6.07, 6.45) is 8.68. The zero-order chi connectivity index (χ0) is 12.3. The van der Waals surface area contributed by atoms with Gasteiger partial charge < -0.3 is 10.5 Å². The lowest BCUT2D eigenvalue weighted by molar-refractivity contribution is -0.162. The van der Waals surface area contributed by atoms with Gasteiger partial charge in [-0.2, -0.15) is 0 Å². The number of rotatable bonds is 3. The first-order valence-corrected chi connectivity index (χ1v) is 7.07. The van der Waals surface area contributed by atoms with Gasteiger partial charge in [-0.3, -0.25) is 4.79 Å². The lowest BCUT2D eigenvalue weighted by Gasteiger charge is -2.31. The molecule has 0 amide bonds. The molecule has 0 bridgehead atoms. The van der Waals surface area contributed by atoms with Crippen LogP contribution in [0, 0.1) is 11.3 Å². The van der Waals surface area contributed by atoms with E-state index in [1.165, 1.54) is 12.8 Å². The molecule has 2 fully saturated rings. The minimum atomic E-state index is -0.344. The topological polar surface area (TPSA) is 52.3 Å². The molecule has 98 valence electrons. The minimum Gasteiger partial charge on any atom is -0.462 e. The largest absolute Gasteiger partial charge is 0.462 e. The maximum absolute atomic E-state index is 12.2. The number of ether oxygens (including phenoxy) is 1. The summed E-state index contributed by atoms with van der Waals surface area (Å²) in [4.78, 5) is 12.2. The van der Waals surface area contributed by atoms with E-state index in [4.69, 9.17) is 10.5 Å². The normalized spacial score (nSPS) is 32.4. The molecule has 0 radical (unpaired) electrons. The molecular weight excluding hydrogens is 214 g/mol. The van der Waals surface area contributed by atoms with Crippen LogP contribution in [0.2, 0.25) is 0 Å². The first kappa shape index (κ1) is 12.9. The Morgan fingerprint density at radius 1 is 1.24 bits per heavy atom. The smallest absolute Gasteiger partial charge is 0.313 e. The number of nitrogens with two attached hydrogens (primary N) is 1. The lowest BCUT2D eigenvalue weighted by atomic mass is 9.85. The monoisotopic (exact) mass is 239 g/mol. The number of carbonyl (C=O) groups excluding carboxylic acids is 1. The maximum Gasteiger partial charge on any atom is 0.313 e. The second-order valence-electron chi connectivity index (χ2n) is 5.98. The summed E-state index contributed by atoms with van der Waals surface area (Å²) in [6.45, 7) is 2.73. The first-order valence-electron chi connectivity index (χ1n) is 7.07. The maximum atomic E-state index is 12.2. The number of esters is 1. The molecule has 0 aromatic heterocycles. The Morgan fingerprint density at radius 3 is 2.35 bits per heavy atom. The van der Waals surface area contributed by atoms with E-state index < -0.39 is 0 Å². The molecule has 3 heteroatoms. The van der Waals surface area contributed by atoms with Crippen molar-refractivity contribution in [1.29, 1.82) is 0 Å². The van der Waals surface area contributed by atoms with E-state index in [2.05, 4.69) is 6.92 Å². The predicted molar refractivity (Wildman–Crippen MR) is 67.5 cm³/mol. The summed E-state index contributed by atoms with van der Waals surface area (Å²) < 4.78 is 5.70. The van der Waals surface area contributed by atoms with Crippen molar-refractivity contribution < 1.29 is 9.53 Å². The van der Waals surface area contributed by atoms with E-state index in [9.17, 15) is 4.79 Å². The Bertz CT molecular complexity index is 263. The number of hydrogen-bond acceptors (Lipinski definition) is 3. The zero-order valence-corrected chi connectivity index (χ0v) is 10.9. The molecule has 3 nitrogen and oxygen atoms in total. The number of hydrogen-bond donors (Lipinski definition) is 1. The van der Waals surface area contributed by atoms with Crippen molar-refractivity contribution in [3.05, 3.63) is 0 Å². The Kier molecular flexibility index (Phi) is 4.08. The van der Waals surface area contributed by atoms with E-state index in [1.807, 2.05) is 0 Å². The van der Waals surface area contributed by atoms with Gasteiger partial charge in [0.05, 0.1) is 5.41 Å². The van der Waals surface area contributed by atoms with Crippen LogP contribution >= 0.6 is 0 Å². The van der Waals surface area contributed by atoms with Crippen molar-refractivity contribution in [3.63, 3.8) is 0 Å². The van der Waals surface area contributed by atoms with E-state index in [-0.39, 0.29) is 17.5 Å². The van der Waals surface area contributed by atoms with Gasteiger partial charge in [-0.05, 0) is 44.4 Å². The first-order chi connectivity index (χ1) is 8.16. The van der Waals surface area contributed by atoms with Crippen LogP contribution in [0.1, 0.15) is 58.3 Å². The molecule has 0 aromatic rings. The third-order valence-corrected chi connectivity index (χ3v) is 4.62. The molecule has 2 saturated carbocycles. The summed E-state index contributed by atoms with van der Waals surface area (Å²) in [5, 5.41) is 0. The molecule has 2 N–H and O–H groups in total. The fraction of sp³-hybridized carbons (Fsp3) is 0.929. The molecule has 0 saturated heterocycles. The average molecular weight is 239 g/mol. The quantitative estimate of drug-likeness (QED) is 0.770. The van der Waals surface area contributed by atoms with Crippen molar-refractivity contribution in [1.82, 2.24) is 0 Å². The summed E-state index contributed by atoms with van der Waals surface area (Å²) >= 11 is 0. The van der Waals surface area contributed by atoms with Crippen LogP contribution in [-0.4, -0.2) is 18.6 Å². The lowest BCUT2D eigenvalue weighted by Crippen LogP contribution is -2.40. The highest BCUT2D eigenvalue weighted by Crippen LogP contribution is 2.39. The Labute approximate surface area is 104 Å². The van der Waals surface area contributed by atoms with E-state index >= 15 is 0 Å². The van der Waals surface area contributed by atoms with Crippen LogP contribution in [0.25, 0.3) is 0 Å². The van der Waals surface area contributed by atoms with E-state index in [0.29, 0.717) is 6.54 Å². The molecular formula is C14H25NO2. The summed E-state index contributed by atoms with van der Waals surface area (Å²) in [5.74, 6) is 0.775. The molecule has 0 unspecified atom stereocenters. The Balaban J connectivity index is 1.87. The summed E-state index contributed by atoms with van der Waals surface area (Å²) in [7, 11) is 0. The van der Waals surface area contributed by atoms with Gasteiger partial charge in [0, 0.05) is 6.54 Å². The predicted octanol–water partition coefficient (Wildman–Crippen LogP) is 2.63. The van der Waals surface area contributed by atoms with Gasteiger partial charge in [0.15, 0.2) is 0 Å². The van der Waals surface area contributed by atoms with Crippen LogP contribution in [0.3, 0.4) is 0 Å². The van der Waals surface area contributed by atoms with E-state index in [1.54, 1.807) is 0 Å². The Morgan fingerprint density at radius 2 is 1.82 bits per heavy atom. The molecule has 17 heavy (non-hydrogen) atoms. The third-order valence-electron chi connectivity index (χ3n) is 4.62. The van der Waals surface area contributed by atoms with Gasteiger partial charge in [-0.15, -0.1) is 0 Å². The van der Waals surface area contributed by atoms with Crippen LogP contribution in [0.4, 0.5) is 0 Å². The van der Waals surface area contributed by atoms with Crippen molar-refractivity contribution in [2.24, 2.45) is 17.1 Å². The summed E-state index contributed by atoms with van der Waals surface area (Å²) in [6, 6.07) is 0. The van der Waals surface area contributed by atoms with Gasteiger partial charge in [0.25, 0.3) is 0 Å². The third kappa shape index (κ3) is 2.82. The van der Waals surface area contributed by atoms with Crippen molar-refractivity contribution >= 4 is 5.97 Å². The highest BCUT2D eigenvalue weighted by Gasteiger charge is 2.42. The minimum absolute atomic E-state index is 0.0166. The van der Waals surface area contributed by atoms with Gasteiger partial charge in [-0.1, -0.05) is 19.8 Å². The number of carbonyl (C=O) groups is 1. The van der Waals surface area contributed by atoms with Crippen molar-refractivity contribution in [3.8, 4) is 0 Å². The fourth-order valence-corrected chi connectivity index (χ4v) is 3.17. The van der Waals surface area contributed by atoms with Crippen molar-refractivity contribution in [2.75, 3.05) is 6.54 Å². The second kappa shape index (κ2) is 5.38. The summed E-state index contributed by atoms with van der Waals surface area (Å²) in [5.41, 5.74) is 5.45.